The van der Waals surface area contributed by atoms with Gasteiger partial charge in [0, 0.05) is 45.4 Å². The van der Waals surface area contributed by atoms with Crippen molar-refractivity contribution in [3.8, 4) is 5.75 Å². The molecule has 0 bridgehead atoms. The zero-order valence-corrected chi connectivity index (χ0v) is 15.9. The van der Waals surface area contributed by atoms with Crippen LogP contribution in [0.2, 0.25) is 0 Å². The number of amides is 2. The molecule has 0 aliphatic carbocycles. The number of urea groups is 1. The first-order chi connectivity index (χ1) is 13.3. The van der Waals surface area contributed by atoms with Crippen molar-refractivity contribution in [3.05, 3.63) is 18.3 Å². The van der Waals surface area contributed by atoms with E-state index in [1.165, 1.54) is 12.8 Å². The third-order valence-electron chi connectivity index (χ3n) is 5.65. The maximum Gasteiger partial charge on any atom is 0.317 e. The molecule has 4 heterocycles. The Hall–Kier alpha value is -2.02. The summed E-state index contributed by atoms with van der Waals surface area (Å²) in [4.78, 5) is 21.1. The molecule has 1 N–H and O–H groups in total. The molecule has 0 spiro atoms. The van der Waals surface area contributed by atoms with Gasteiger partial charge in [0.05, 0.1) is 12.6 Å². The predicted octanol–water partition coefficient (Wildman–Crippen LogP) is 2.41. The summed E-state index contributed by atoms with van der Waals surface area (Å²) in [6.07, 6.45) is 8.58. The number of anilines is 1. The number of carbonyl (C=O) groups is 1. The normalized spacial score (nSPS) is 25.2. The number of likely N-dealkylation sites (tertiary alicyclic amines) is 1. The molecule has 0 saturated carbocycles. The number of hydrogen-bond donors (Lipinski definition) is 1. The van der Waals surface area contributed by atoms with Crippen LogP contribution in [0.4, 0.5) is 10.6 Å². The highest BCUT2D eigenvalue weighted by atomic mass is 16.5. The van der Waals surface area contributed by atoms with Crippen LogP contribution in [0.25, 0.3) is 0 Å². The second-order valence-electron chi connectivity index (χ2n) is 7.65. The van der Waals surface area contributed by atoms with Gasteiger partial charge in [-0.2, -0.15) is 0 Å². The summed E-state index contributed by atoms with van der Waals surface area (Å²) in [5.41, 5.74) is 0. The van der Waals surface area contributed by atoms with Crippen LogP contribution in [0.5, 0.6) is 5.75 Å². The highest BCUT2D eigenvalue weighted by Crippen LogP contribution is 2.30. The number of hydrogen-bond acceptors (Lipinski definition) is 5. The molecule has 2 atom stereocenters. The Balaban J connectivity index is 1.25. The topological polar surface area (TPSA) is 66.9 Å². The molecule has 27 heavy (non-hydrogen) atoms. The van der Waals surface area contributed by atoms with Crippen molar-refractivity contribution in [1.29, 1.82) is 0 Å². The van der Waals surface area contributed by atoms with Gasteiger partial charge in [-0.05, 0) is 44.2 Å². The standard InChI is InChI=1S/C20H30N4O3/c25-20(22-10-7-16-5-4-14-26-16)24-13-8-17(15-24)27-18-6-3-9-21-19(18)23-11-1-2-12-23/h3,6,9,16-17H,1-2,4-5,7-8,10-15H2,(H,22,25)/t16-,17+/m1/s1. The third-order valence-corrected chi connectivity index (χ3v) is 5.65. The van der Waals surface area contributed by atoms with Crippen molar-refractivity contribution in [1.82, 2.24) is 15.2 Å². The average molecular weight is 374 g/mol. The molecule has 0 radical (unpaired) electrons. The molecule has 4 rings (SSSR count). The monoisotopic (exact) mass is 374 g/mol. The van der Waals surface area contributed by atoms with Crippen LogP contribution in [0.3, 0.4) is 0 Å². The van der Waals surface area contributed by atoms with Crippen molar-refractivity contribution in [2.24, 2.45) is 0 Å². The Labute approximate surface area is 161 Å². The van der Waals surface area contributed by atoms with E-state index >= 15 is 0 Å². The van der Waals surface area contributed by atoms with E-state index in [9.17, 15) is 4.79 Å². The number of nitrogens with one attached hydrogen (secondary N) is 1. The van der Waals surface area contributed by atoms with Crippen LogP contribution in [0.15, 0.2) is 18.3 Å². The van der Waals surface area contributed by atoms with Gasteiger partial charge in [0.15, 0.2) is 11.6 Å². The fraction of sp³-hybridized carbons (Fsp3) is 0.700. The number of pyridine rings is 1. The second kappa shape index (κ2) is 8.78. The van der Waals surface area contributed by atoms with E-state index in [2.05, 4.69) is 15.2 Å². The lowest BCUT2D eigenvalue weighted by atomic mass is 10.2. The highest BCUT2D eigenvalue weighted by Gasteiger charge is 2.29. The van der Waals surface area contributed by atoms with Gasteiger partial charge >= 0.3 is 6.03 Å². The summed E-state index contributed by atoms with van der Waals surface area (Å²) >= 11 is 0. The number of nitrogens with zero attached hydrogens (tertiary/aromatic N) is 3. The van der Waals surface area contributed by atoms with Crippen molar-refractivity contribution < 1.29 is 14.3 Å². The first-order valence-corrected chi connectivity index (χ1v) is 10.3. The molecule has 3 aliphatic heterocycles. The summed E-state index contributed by atoms with van der Waals surface area (Å²) in [5, 5.41) is 3.02. The third kappa shape index (κ3) is 4.64. The van der Waals surface area contributed by atoms with E-state index in [0.29, 0.717) is 19.2 Å². The minimum atomic E-state index is 0.00468. The molecule has 1 aromatic rings. The Morgan fingerprint density at radius 2 is 2.15 bits per heavy atom. The Morgan fingerprint density at radius 1 is 1.26 bits per heavy atom. The van der Waals surface area contributed by atoms with Gasteiger partial charge in [0.25, 0.3) is 0 Å². The van der Waals surface area contributed by atoms with E-state index in [1.807, 2.05) is 23.2 Å². The Kier molecular flexibility index (Phi) is 5.97. The van der Waals surface area contributed by atoms with E-state index in [1.54, 1.807) is 0 Å². The van der Waals surface area contributed by atoms with Crippen LogP contribution < -0.4 is 15.0 Å². The van der Waals surface area contributed by atoms with E-state index in [4.69, 9.17) is 9.47 Å². The molecule has 3 saturated heterocycles. The lowest BCUT2D eigenvalue weighted by Crippen LogP contribution is -2.40. The Bertz CT molecular complexity index is 629. The molecular formula is C20H30N4O3. The number of carbonyl (C=O) groups excluding carboxylic acids is 1. The summed E-state index contributed by atoms with van der Waals surface area (Å²) in [7, 11) is 0. The molecule has 1 aromatic heterocycles. The summed E-state index contributed by atoms with van der Waals surface area (Å²) in [6.45, 7) is 4.97. The maximum atomic E-state index is 12.4. The first kappa shape index (κ1) is 18.3. The predicted molar refractivity (Wildman–Crippen MR) is 103 cm³/mol. The van der Waals surface area contributed by atoms with E-state index in [-0.39, 0.29) is 12.1 Å². The number of ether oxygens (including phenoxy) is 2. The lowest BCUT2D eigenvalue weighted by molar-refractivity contribution is 0.104. The smallest absolute Gasteiger partial charge is 0.317 e. The lowest BCUT2D eigenvalue weighted by Gasteiger charge is -2.22. The first-order valence-electron chi connectivity index (χ1n) is 10.3. The number of rotatable bonds is 6. The molecule has 3 fully saturated rings. The molecule has 7 heteroatoms. The summed E-state index contributed by atoms with van der Waals surface area (Å²) < 4.78 is 11.8. The molecule has 148 valence electrons. The van der Waals surface area contributed by atoms with Crippen molar-refractivity contribution >= 4 is 11.8 Å². The molecule has 0 unspecified atom stereocenters. The van der Waals surface area contributed by atoms with E-state index < -0.39 is 0 Å². The van der Waals surface area contributed by atoms with Crippen LogP contribution in [-0.2, 0) is 4.74 Å². The van der Waals surface area contributed by atoms with Gasteiger partial charge in [-0.25, -0.2) is 9.78 Å². The fourth-order valence-corrected chi connectivity index (χ4v) is 4.15. The summed E-state index contributed by atoms with van der Waals surface area (Å²) in [5.74, 6) is 1.78. The molecule has 0 aromatic carbocycles. The molecule has 7 nitrogen and oxygen atoms in total. The maximum absolute atomic E-state index is 12.4. The van der Waals surface area contributed by atoms with Crippen molar-refractivity contribution in [2.75, 3.05) is 44.2 Å². The summed E-state index contributed by atoms with van der Waals surface area (Å²) in [6, 6.07) is 3.91. The minimum absolute atomic E-state index is 0.00468. The van der Waals surface area contributed by atoms with Gasteiger partial charge in [-0.3, -0.25) is 0 Å². The quantitative estimate of drug-likeness (QED) is 0.828. The average Bonchev–Trinajstić information content (AvgIpc) is 3.45. The molecule has 3 aliphatic rings. The zero-order valence-electron chi connectivity index (χ0n) is 15.9. The fourth-order valence-electron chi connectivity index (χ4n) is 4.15. The van der Waals surface area contributed by atoms with Crippen molar-refractivity contribution in [3.63, 3.8) is 0 Å². The second-order valence-corrected chi connectivity index (χ2v) is 7.65. The largest absolute Gasteiger partial charge is 0.485 e. The minimum Gasteiger partial charge on any atom is -0.485 e. The van der Waals surface area contributed by atoms with Crippen LogP contribution in [-0.4, -0.2) is 67.5 Å². The van der Waals surface area contributed by atoms with Crippen LogP contribution in [0.1, 0.15) is 38.5 Å². The van der Waals surface area contributed by atoms with Crippen molar-refractivity contribution in [2.45, 2.75) is 50.7 Å². The van der Waals surface area contributed by atoms with Crippen LogP contribution in [0, 0.1) is 0 Å². The zero-order chi connectivity index (χ0) is 18.5. The van der Waals surface area contributed by atoms with Gasteiger partial charge < -0.3 is 24.6 Å². The van der Waals surface area contributed by atoms with E-state index in [0.717, 1.165) is 63.5 Å². The van der Waals surface area contributed by atoms with Gasteiger partial charge in [-0.1, -0.05) is 0 Å². The van der Waals surface area contributed by atoms with Gasteiger partial charge in [-0.15, -0.1) is 0 Å². The SMILES string of the molecule is O=C(NCC[C@H]1CCCO1)N1CC[C@H](Oc2cccnc2N2CCCC2)C1. The van der Waals surface area contributed by atoms with Gasteiger partial charge in [0.1, 0.15) is 6.10 Å². The van der Waals surface area contributed by atoms with Gasteiger partial charge in [0.2, 0.25) is 0 Å². The molecular weight excluding hydrogens is 344 g/mol. The highest BCUT2D eigenvalue weighted by molar-refractivity contribution is 5.74. The Morgan fingerprint density at radius 3 is 2.96 bits per heavy atom. The molecule has 2 amide bonds. The van der Waals surface area contributed by atoms with Crippen LogP contribution >= 0.6 is 0 Å². The number of aromatic nitrogens is 1.